The summed E-state index contributed by atoms with van der Waals surface area (Å²) in [4.78, 5) is 29.7. The maximum Gasteiger partial charge on any atom is 0.302 e. The Hall–Kier alpha value is -3.44. The fourth-order valence-corrected chi connectivity index (χ4v) is 4.79. The van der Waals surface area contributed by atoms with Crippen molar-refractivity contribution in [3.05, 3.63) is 108 Å². The summed E-state index contributed by atoms with van der Waals surface area (Å²) in [6.07, 6.45) is 0.728. The number of rotatable bonds is 8. The van der Waals surface area contributed by atoms with Crippen LogP contribution in [0.2, 0.25) is 0 Å². The van der Waals surface area contributed by atoms with Crippen LogP contribution in [-0.4, -0.2) is 54.5 Å². The van der Waals surface area contributed by atoms with E-state index in [1.165, 1.54) is 6.92 Å². The van der Waals surface area contributed by atoms with E-state index in [-0.39, 0.29) is 29.9 Å². The van der Waals surface area contributed by atoms with Crippen LogP contribution < -0.4 is 0 Å². The summed E-state index contributed by atoms with van der Waals surface area (Å²) >= 11 is 0. The maximum atomic E-state index is 14.1. The van der Waals surface area contributed by atoms with Gasteiger partial charge in [0.15, 0.2) is 0 Å². The number of esters is 1. The molecular weight excluding hydrogens is 424 g/mol. The Bertz CT molecular complexity index is 1030. The lowest BCUT2D eigenvalue weighted by Gasteiger charge is -2.34. The fourth-order valence-electron chi connectivity index (χ4n) is 4.79. The molecule has 1 aliphatic rings. The lowest BCUT2D eigenvalue weighted by molar-refractivity contribution is -0.145. The topological polar surface area (TPSA) is 49.9 Å². The number of amides is 1. The number of ether oxygens (including phenoxy) is 1. The molecule has 2 atom stereocenters. The first-order valence-electron chi connectivity index (χ1n) is 11.8. The van der Waals surface area contributed by atoms with Crippen LogP contribution in [0.3, 0.4) is 0 Å². The van der Waals surface area contributed by atoms with E-state index in [9.17, 15) is 9.59 Å². The van der Waals surface area contributed by atoms with Gasteiger partial charge in [0, 0.05) is 33.6 Å². The Labute approximate surface area is 202 Å². The van der Waals surface area contributed by atoms with Crippen molar-refractivity contribution in [1.29, 1.82) is 0 Å². The van der Waals surface area contributed by atoms with Crippen molar-refractivity contribution in [3.63, 3.8) is 0 Å². The zero-order chi connectivity index (χ0) is 23.9. The molecule has 4 rings (SSSR count). The third-order valence-electron chi connectivity index (χ3n) is 6.51. The third-order valence-corrected chi connectivity index (χ3v) is 6.51. The summed E-state index contributed by atoms with van der Waals surface area (Å²) < 4.78 is 5.43. The van der Waals surface area contributed by atoms with Gasteiger partial charge in [-0.3, -0.25) is 14.5 Å². The van der Waals surface area contributed by atoms with Gasteiger partial charge >= 0.3 is 5.97 Å². The van der Waals surface area contributed by atoms with Crippen LogP contribution in [0.15, 0.2) is 91.0 Å². The monoisotopic (exact) mass is 456 g/mol. The van der Waals surface area contributed by atoms with Gasteiger partial charge in [0.1, 0.15) is 6.10 Å². The normalized spacial score (nSPS) is 16.9. The largest absolute Gasteiger partial charge is 0.461 e. The molecule has 1 heterocycles. The third kappa shape index (κ3) is 5.72. The van der Waals surface area contributed by atoms with Gasteiger partial charge in [0.2, 0.25) is 5.91 Å². The van der Waals surface area contributed by atoms with Gasteiger partial charge in [-0.2, -0.15) is 0 Å². The molecule has 1 saturated heterocycles. The molecule has 5 nitrogen and oxygen atoms in total. The molecule has 0 aliphatic carbocycles. The second-order valence-corrected chi connectivity index (χ2v) is 8.91. The van der Waals surface area contributed by atoms with Crippen molar-refractivity contribution in [2.75, 3.05) is 26.7 Å². The Morgan fingerprint density at radius 1 is 0.882 bits per heavy atom. The lowest BCUT2D eigenvalue weighted by Crippen LogP contribution is -2.41. The Morgan fingerprint density at radius 3 is 1.88 bits per heavy atom. The lowest BCUT2D eigenvalue weighted by atomic mass is 9.89. The van der Waals surface area contributed by atoms with E-state index in [2.05, 4.69) is 17.0 Å². The van der Waals surface area contributed by atoms with Crippen molar-refractivity contribution >= 4 is 11.9 Å². The van der Waals surface area contributed by atoms with Crippen molar-refractivity contribution < 1.29 is 14.3 Å². The summed E-state index contributed by atoms with van der Waals surface area (Å²) in [5.74, 6) is -0.569. The predicted octanol–water partition coefficient (Wildman–Crippen LogP) is 4.66. The quantitative estimate of drug-likeness (QED) is 0.463. The fraction of sp³-hybridized carbons (Fsp3) is 0.310. The van der Waals surface area contributed by atoms with E-state index < -0.39 is 0 Å². The number of hydrogen-bond donors (Lipinski definition) is 0. The molecule has 176 valence electrons. The van der Waals surface area contributed by atoms with Gasteiger partial charge in [-0.1, -0.05) is 91.0 Å². The van der Waals surface area contributed by atoms with Gasteiger partial charge in [0.05, 0.1) is 12.0 Å². The second-order valence-electron chi connectivity index (χ2n) is 8.91. The first-order valence-corrected chi connectivity index (χ1v) is 11.8. The number of nitrogens with zero attached hydrogens (tertiary/aromatic N) is 2. The average Bonchev–Trinajstić information content (AvgIpc) is 3.30. The van der Waals surface area contributed by atoms with Crippen molar-refractivity contribution in [2.45, 2.75) is 31.4 Å². The van der Waals surface area contributed by atoms with Gasteiger partial charge in [-0.05, 0) is 23.1 Å². The number of benzene rings is 3. The smallest absolute Gasteiger partial charge is 0.302 e. The zero-order valence-electron chi connectivity index (χ0n) is 19.8. The summed E-state index contributed by atoms with van der Waals surface area (Å²) in [6, 6.07) is 30.0. The highest BCUT2D eigenvalue weighted by Crippen LogP contribution is 2.31. The minimum absolute atomic E-state index is 0.0574. The molecule has 34 heavy (non-hydrogen) atoms. The average molecular weight is 457 g/mol. The van der Waals surface area contributed by atoms with E-state index in [1.807, 2.05) is 90.8 Å². The number of carbonyl (C=O) groups is 2. The van der Waals surface area contributed by atoms with E-state index in [4.69, 9.17) is 4.74 Å². The molecule has 5 heteroatoms. The molecular formula is C29H32N2O3. The second kappa shape index (κ2) is 11.1. The summed E-state index contributed by atoms with van der Waals surface area (Å²) in [7, 11) is 1.90. The van der Waals surface area contributed by atoms with E-state index in [1.54, 1.807) is 0 Å². The first kappa shape index (κ1) is 23.7. The Kier molecular flexibility index (Phi) is 7.76. The SMILES string of the molecule is CC(=O)O[C@@H]1CCN(C[C@H](c2ccccc2)N(C)C(=O)C(c2ccccc2)c2ccccc2)C1. The highest BCUT2D eigenvalue weighted by molar-refractivity contribution is 5.87. The van der Waals surface area contributed by atoms with Crippen LogP contribution in [0, 0.1) is 0 Å². The highest BCUT2D eigenvalue weighted by Gasteiger charge is 2.33. The molecule has 1 amide bonds. The molecule has 0 saturated carbocycles. The van der Waals surface area contributed by atoms with Gasteiger partial charge in [0.25, 0.3) is 0 Å². The number of likely N-dealkylation sites (tertiary alicyclic amines) is 1. The highest BCUT2D eigenvalue weighted by atomic mass is 16.5. The zero-order valence-corrected chi connectivity index (χ0v) is 19.8. The molecule has 3 aromatic rings. The van der Waals surface area contributed by atoms with Gasteiger partial charge in [-0.15, -0.1) is 0 Å². The number of hydrogen-bond acceptors (Lipinski definition) is 4. The molecule has 0 N–H and O–H groups in total. The van der Waals surface area contributed by atoms with Crippen LogP contribution >= 0.6 is 0 Å². The Balaban J connectivity index is 1.61. The van der Waals surface area contributed by atoms with E-state index >= 15 is 0 Å². The number of likely N-dealkylation sites (N-methyl/N-ethyl adjacent to an activating group) is 1. The molecule has 3 aromatic carbocycles. The van der Waals surface area contributed by atoms with Crippen LogP contribution in [-0.2, 0) is 14.3 Å². The van der Waals surface area contributed by atoms with Crippen LogP contribution in [0.25, 0.3) is 0 Å². The summed E-state index contributed by atoms with van der Waals surface area (Å²) in [5, 5.41) is 0. The standard InChI is InChI=1S/C29H32N2O3/c1-22(32)34-26-18-19-31(20-26)21-27(23-12-6-3-7-13-23)30(2)29(33)28(24-14-8-4-9-15-24)25-16-10-5-11-17-25/h3-17,26-28H,18-21H2,1-2H3/t26-,27-/m1/s1. The molecule has 1 aliphatic heterocycles. The van der Waals surface area contributed by atoms with Crippen molar-refractivity contribution in [2.24, 2.45) is 0 Å². The van der Waals surface area contributed by atoms with Crippen LogP contribution in [0.1, 0.15) is 42.0 Å². The van der Waals surface area contributed by atoms with Gasteiger partial charge in [-0.25, -0.2) is 0 Å². The molecule has 1 fully saturated rings. The van der Waals surface area contributed by atoms with Crippen LogP contribution in [0.5, 0.6) is 0 Å². The molecule has 0 unspecified atom stereocenters. The molecule has 0 aromatic heterocycles. The Morgan fingerprint density at radius 2 is 1.38 bits per heavy atom. The molecule has 0 radical (unpaired) electrons. The minimum atomic E-state index is -0.383. The summed E-state index contributed by atoms with van der Waals surface area (Å²) in [5.41, 5.74) is 3.05. The van der Waals surface area contributed by atoms with Crippen molar-refractivity contribution in [1.82, 2.24) is 9.80 Å². The van der Waals surface area contributed by atoms with Gasteiger partial charge < -0.3 is 9.64 Å². The van der Waals surface area contributed by atoms with Crippen LogP contribution in [0.4, 0.5) is 0 Å². The van der Waals surface area contributed by atoms with Crippen molar-refractivity contribution in [3.8, 4) is 0 Å². The maximum absolute atomic E-state index is 14.1. The van der Waals surface area contributed by atoms with E-state index in [0.29, 0.717) is 13.1 Å². The molecule has 0 spiro atoms. The summed E-state index contributed by atoms with van der Waals surface area (Å²) in [6.45, 7) is 3.66. The van der Waals surface area contributed by atoms with E-state index in [0.717, 1.165) is 29.7 Å². The minimum Gasteiger partial charge on any atom is -0.461 e. The molecule has 0 bridgehead atoms. The first-order chi connectivity index (χ1) is 16.5. The number of carbonyl (C=O) groups excluding carboxylic acids is 2. The predicted molar refractivity (Wildman–Crippen MR) is 133 cm³/mol.